The lowest BCUT2D eigenvalue weighted by Gasteiger charge is -2.35. The Morgan fingerprint density at radius 2 is 0.810 bits per heavy atom. The van der Waals surface area contributed by atoms with Gasteiger partial charge in [0.15, 0.2) is 0 Å². The molecule has 0 nitrogen and oxygen atoms in total. The molecule has 11 rings (SSSR count). The molecule has 0 unspecified atom stereocenters. The third kappa shape index (κ3) is 6.54. The van der Waals surface area contributed by atoms with Gasteiger partial charge in [0.1, 0.15) is 0 Å². The monoisotopic (exact) mass is 836 g/mol. The average molecular weight is 837 g/mol. The molecule has 0 atom stereocenters. The van der Waals surface area contributed by atoms with Crippen LogP contribution in [0.15, 0.2) is 152 Å². The van der Waals surface area contributed by atoms with E-state index in [0.717, 1.165) is 0 Å². The zero-order valence-electron chi connectivity index (χ0n) is 37.5. The molecule has 0 aliphatic heterocycles. The Bertz CT molecular complexity index is 3110. The van der Waals surface area contributed by atoms with Crippen molar-refractivity contribution in [3.63, 3.8) is 0 Å². The van der Waals surface area contributed by atoms with Crippen LogP contribution in [-0.4, -0.2) is 6.30 Å². The molecule has 0 radical (unpaired) electrons. The summed E-state index contributed by atoms with van der Waals surface area (Å²) in [7, 11) is 0. The summed E-state index contributed by atoms with van der Waals surface area (Å²) in [5.41, 5.74) is 6.02. The Balaban J connectivity index is 1.16. The highest BCUT2D eigenvalue weighted by molar-refractivity contribution is 7.94. The second kappa shape index (κ2) is 16.6. The zero-order chi connectivity index (χ0) is 42.5. The van der Waals surface area contributed by atoms with Crippen LogP contribution in [-0.2, 0) is 5.41 Å². The summed E-state index contributed by atoms with van der Waals surface area (Å²) in [5.74, 6) is 0. The van der Waals surface area contributed by atoms with Crippen LogP contribution in [0.2, 0.25) is 0 Å². The molecule has 0 fully saturated rings. The van der Waals surface area contributed by atoms with Crippen molar-refractivity contribution in [2.75, 3.05) is 0 Å². The number of hydrogen-bond donors (Lipinski definition) is 0. The lowest BCUT2D eigenvalue weighted by molar-refractivity contribution is 0.398. The van der Waals surface area contributed by atoms with Gasteiger partial charge in [0.25, 0.3) is 0 Å². The van der Waals surface area contributed by atoms with Crippen molar-refractivity contribution in [3.8, 4) is 11.1 Å². The van der Waals surface area contributed by atoms with Crippen molar-refractivity contribution < 1.29 is 0 Å². The van der Waals surface area contributed by atoms with Crippen LogP contribution in [0.25, 0.3) is 75.8 Å². The van der Waals surface area contributed by atoms with Crippen LogP contribution in [0.5, 0.6) is 0 Å². The van der Waals surface area contributed by atoms with Gasteiger partial charge < -0.3 is 0 Å². The van der Waals surface area contributed by atoms with Crippen LogP contribution in [0.1, 0.15) is 115 Å². The first-order chi connectivity index (χ1) is 31.0. The first-order valence-corrected chi connectivity index (χ1v) is 26.3. The Labute approximate surface area is 375 Å². The maximum absolute atomic E-state index is 5.69. The fourth-order valence-electron chi connectivity index (χ4n) is 12.3. The Hall–Kier alpha value is -5.42. The molecule has 0 bridgehead atoms. The minimum Gasteiger partial charge on any atom is -0.0886 e. The topological polar surface area (TPSA) is 0 Å². The van der Waals surface area contributed by atoms with E-state index in [4.69, 9.17) is 6.30 Å². The number of benzene rings is 10. The number of hydrogen-bond acceptors (Lipinski definition) is 0. The molecule has 0 saturated heterocycles. The molecular formula is C62H61P. The number of rotatable bonds is 17. The fraction of sp³-hybridized carbons (Fsp3) is 0.274. The lowest BCUT2D eigenvalue weighted by atomic mass is 9.70. The van der Waals surface area contributed by atoms with Crippen molar-refractivity contribution in [2.45, 2.75) is 109 Å². The molecule has 0 spiro atoms. The average Bonchev–Trinajstić information content (AvgIpc) is 3.60. The molecule has 10 aromatic rings. The third-order valence-electron chi connectivity index (χ3n) is 15.4. The molecule has 314 valence electrons. The van der Waals surface area contributed by atoms with E-state index in [-0.39, 0.29) is 5.41 Å². The molecule has 1 aliphatic rings. The highest BCUT2D eigenvalue weighted by Crippen LogP contribution is 2.56. The van der Waals surface area contributed by atoms with Crippen LogP contribution < -0.4 is 15.9 Å². The summed E-state index contributed by atoms with van der Waals surface area (Å²) < 4.78 is 0. The van der Waals surface area contributed by atoms with E-state index in [1.165, 1.54) is 182 Å². The van der Waals surface area contributed by atoms with Crippen molar-refractivity contribution in [3.05, 3.63) is 163 Å². The van der Waals surface area contributed by atoms with Crippen molar-refractivity contribution in [1.82, 2.24) is 0 Å². The maximum Gasteiger partial charge on any atom is 0.0215 e. The maximum atomic E-state index is 5.69. The van der Waals surface area contributed by atoms with E-state index in [2.05, 4.69) is 166 Å². The smallest absolute Gasteiger partial charge is 0.0215 e. The standard InChI is InChI=1S/C62H61P/c1-4-6-8-10-12-16-40-62(41-17-13-11-9-7-5-2)54-25-15-14-24-50(54)51-37-34-49(42-55(51)62)63(3,56-38-32-47-28-26-43-20-18-22-45-30-35-52(56)60(47)58(43)45)57-39-33-48-29-27-44-21-19-23-46-31-36-53(57)61(48)59(44)46/h14-15,18-39,42H,3-13,16-17,40-41H2,1-2H3. The molecule has 10 aromatic carbocycles. The first-order valence-electron chi connectivity index (χ1n) is 24.4. The molecule has 0 heterocycles. The van der Waals surface area contributed by atoms with Crippen LogP contribution in [0, 0.1) is 0 Å². The van der Waals surface area contributed by atoms with Gasteiger partial charge in [-0.2, -0.15) is 0 Å². The van der Waals surface area contributed by atoms with Gasteiger partial charge in [0, 0.05) is 5.41 Å². The fourth-order valence-corrected chi connectivity index (χ4v) is 15.6. The third-order valence-corrected chi connectivity index (χ3v) is 19.0. The summed E-state index contributed by atoms with van der Waals surface area (Å²) >= 11 is 0. The van der Waals surface area contributed by atoms with E-state index < -0.39 is 6.89 Å². The van der Waals surface area contributed by atoms with E-state index in [1.807, 2.05) is 0 Å². The number of unbranched alkanes of at least 4 members (excludes halogenated alkanes) is 10. The summed E-state index contributed by atoms with van der Waals surface area (Å²) in [6.45, 7) is 2.09. The van der Waals surface area contributed by atoms with Crippen LogP contribution in [0.3, 0.4) is 0 Å². The second-order valence-electron chi connectivity index (χ2n) is 19.1. The predicted molar refractivity (Wildman–Crippen MR) is 282 cm³/mol. The van der Waals surface area contributed by atoms with Crippen molar-refractivity contribution >= 4 is 93.7 Å². The molecule has 63 heavy (non-hydrogen) atoms. The number of fused-ring (bicyclic) bond motifs is 3. The normalized spacial score (nSPS) is 13.7. The summed E-state index contributed by atoms with van der Waals surface area (Å²) in [4.78, 5) is 0. The lowest BCUT2D eigenvalue weighted by Crippen LogP contribution is -2.30. The zero-order valence-corrected chi connectivity index (χ0v) is 38.4. The van der Waals surface area contributed by atoms with Crippen molar-refractivity contribution in [1.29, 1.82) is 0 Å². The van der Waals surface area contributed by atoms with Gasteiger partial charge in [-0.05, 0) is 129 Å². The first kappa shape index (κ1) is 40.4. The largest absolute Gasteiger partial charge is 0.0886 e. The highest BCUT2D eigenvalue weighted by Gasteiger charge is 2.43. The Kier molecular flexibility index (Phi) is 10.6. The van der Waals surface area contributed by atoms with Gasteiger partial charge in [0.2, 0.25) is 0 Å². The second-order valence-corrected chi connectivity index (χ2v) is 22.2. The Morgan fingerprint density at radius 3 is 1.33 bits per heavy atom. The summed E-state index contributed by atoms with van der Waals surface area (Å²) in [6, 6.07) is 59.5. The van der Waals surface area contributed by atoms with Gasteiger partial charge in [-0.15, -0.1) is 0 Å². The molecule has 0 aromatic heterocycles. The minimum absolute atomic E-state index is 0.00635. The Morgan fingerprint density at radius 1 is 0.381 bits per heavy atom. The van der Waals surface area contributed by atoms with E-state index >= 15 is 0 Å². The molecule has 0 amide bonds. The summed E-state index contributed by atoms with van der Waals surface area (Å²) in [5, 5.41) is 20.2. The highest BCUT2D eigenvalue weighted by atomic mass is 31.2. The minimum atomic E-state index is -2.57. The predicted octanol–water partition coefficient (Wildman–Crippen LogP) is 17.0. The van der Waals surface area contributed by atoms with E-state index in [9.17, 15) is 0 Å². The summed E-state index contributed by atoms with van der Waals surface area (Å²) in [6.07, 6.45) is 23.9. The van der Waals surface area contributed by atoms with Gasteiger partial charge in [-0.3, -0.25) is 0 Å². The van der Waals surface area contributed by atoms with Gasteiger partial charge in [-0.25, -0.2) is 0 Å². The molecule has 1 aliphatic carbocycles. The quantitative estimate of drug-likeness (QED) is 0.0487. The van der Waals surface area contributed by atoms with Gasteiger partial charge in [0.05, 0.1) is 0 Å². The molecular weight excluding hydrogens is 776 g/mol. The van der Waals surface area contributed by atoms with Crippen molar-refractivity contribution in [2.24, 2.45) is 0 Å². The van der Waals surface area contributed by atoms with Gasteiger partial charge >= 0.3 is 0 Å². The molecule has 1 heteroatoms. The molecule has 0 N–H and O–H groups in total. The van der Waals surface area contributed by atoms with E-state index in [0.29, 0.717) is 0 Å². The molecule has 0 saturated carbocycles. The van der Waals surface area contributed by atoms with Crippen LogP contribution in [0.4, 0.5) is 0 Å². The van der Waals surface area contributed by atoms with E-state index in [1.54, 1.807) is 11.1 Å². The van der Waals surface area contributed by atoms with Crippen LogP contribution >= 0.6 is 6.89 Å². The van der Waals surface area contributed by atoms with Gasteiger partial charge in [-0.1, -0.05) is 243 Å². The SMILES string of the molecule is C=P(c1ccc2c(c1)C(CCCCCCCC)(CCCCCCCC)c1ccccc1-2)(c1ccc2ccc3cccc4ccc1c2c34)c1ccc2ccc3cccc4ccc1c2c34.